The van der Waals surface area contributed by atoms with E-state index >= 15 is 0 Å². The van der Waals surface area contributed by atoms with E-state index < -0.39 is 0 Å². The summed E-state index contributed by atoms with van der Waals surface area (Å²) in [6, 6.07) is 7.27. The maximum Gasteiger partial charge on any atom is 0.292 e. The number of oxazole rings is 1. The third-order valence-electron chi connectivity index (χ3n) is 2.11. The molecular formula is C11H10N2O2. The van der Waals surface area contributed by atoms with Gasteiger partial charge in [-0.25, -0.2) is 0 Å². The number of nitrogens with two attached hydrogens (primary N) is 1. The second kappa shape index (κ2) is 3.57. The Kier molecular flexibility index (Phi) is 2.25. The van der Waals surface area contributed by atoms with Crippen LogP contribution in [0.3, 0.4) is 0 Å². The lowest BCUT2D eigenvalue weighted by Gasteiger charge is -1.97. The third kappa shape index (κ3) is 1.74. The molecule has 0 bridgehead atoms. The number of benzene rings is 1. The average molecular weight is 202 g/mol. The predicted molar refractivity (Wildman–Crippen MR) is 56.5 cm³/mol. The Balaban J connectivity index is 2.53. The van der Waals surface area contributed by atoms with Gasteiger partial charge in [-0.05, 0) is 13.0 Å². The first-order valence-electron chi connectivity index (χ1n) is 4.49. The van der Waals surface area contributed by atoms with Gasteiger partial charge in [0.15, 0.2) is 0 Å². The zero-order valence-electron chi connectivity index (χ0n) is 8.23. The number of hydrogen-bond donors (Lipinski definition) is 1. The monoisotopic (exact) mass is 202 g/mol. The predicted octanol–water partition coefficient (Wildman–Crippen LogP) is 2.04. The highest BCUT2D eigenvalue weighted by Gasteiger charge is 2.09. The molecule has 0 spiro atoms. The Morgan fingerprint density at radius 3 is 2.87 bits per heavy atom. The van der Waals surface area contributed by atoms with Crippen molar-refractivity contribution in [1.29, 1.82) is 0 Å². The van der Waals surface area contributed by atoms with Gasteiger partial charge in [-0.3, -0.25) is 4.79 Å². The molecule has 4 nitrogen and oxygen atoms in total. The van der Waals surface area contributed by atoms with Crippen molar-refractivity contribution in [2.75, 3.05) is 5.73 Å². The first-order valence-corrected chi connectivity index (χ1v) is 4.49. The molecule has 1 aromatic carbocycles. The van der Waals surface area contributed by atoms with Gasteiger partial charge in [0.2, 0.25) is 0 Å². The fraction of sp³-hybridized carbons (Fsp3) is 0.0909. The van der Waals surface area contributed by atoms with Crippen LogP contribution < -0.4 is 5.73 Å². The van der Waals surface area contributed by atoms with Crippen molar-refractivity contribution in [3.05, 3.63) is 35.6 Å². The lowest BCUT2D eigenvalue weighted by molar-refractivity contribution is 0.112. The zero-order valence-corrected chi connectivity index (χ0v) is 8.23. The minimum absolute atomic E-state index is 0.138. The maximum atomic E-state index is 10.6. The van der Waals surface area contributed by atoms with Crippen molar-refractivity contribution >= 4 is 12.3 Å². The highest BCUT2D eigenvalue weighted by molar-refractivity contribution is 5.78. The second-order valence-electron chi connectivity index (χ2n) is 3.20. The van der Waals surface area contributed by atoms with E-state index in [0.29, 0.717) is 17.0 Å². The molecule has 0 atom stereocenters. The molecule has 1 heterocycles. The van der Waals surface area contributed by atoms with Gasteiger partial charge in [-0.2, -0.15) is 4.98 Å². The molecule has 0 fully saturated rings. The van der Waals surface area contributed by atoms with Crippen LogP contribution in [-0.2, 0) is 0 Å². The summed E-state index contributed by atoms with van der Waals surface area (Å²) in [5.41, 5.74) is 7.55. The molecule has 76 valence electrons. The van der Waals surface area contributed by atoms with Crippen molar-refractivity contribution < 1.29 is 9.21 Å². The van der Waals surface area contributed by atoms with Gasteiger partial charge < -0.3 is 10.2 Å². The van der Waals surface area contributed by atoms with Crippen molar-refractivity contribution in [2.24, 2.45) is 0 Å². The summed E-state index contributed by atoms with van der Waals surface area (Å²) in [7, 11) is 0. The average Bonchev–Trinajstić information content (AvgIpc) is 2.58. The first-order chi connectivity index (χ1) is 7.20. The molecular weight excluding hydrogens is 192 g/mol. The molecule has 0 unspecified atom stereocenters. The second-order valence-corrected chi connectivity index (χ2v) is 3.20. The van der Waals surface area contributed by atoms with Crippen molar-refractivity contribution in [1.82, 2.24) is 4.98 Å². The Bertz CT molecular complexity index is 503. The van der Waals surface area contributed by atoms with Crippen LogP contribution in [0.1, 0.15) is 16.1 Å². The number of aromatic nitrogens is 1. The third-order valence-corrected chi connectivity index (χ3v) is 2.11. The van der Waals surface area contributed by atoms with Gasteiger partial charge in [0.05, 0.1) is 0 Å². The fourth-order valence-corrected chi connectivity index (χ4v) is 1.44. The first kappa shape index (κ1) is 9.45. The number of hydrogen-bond acceptors (Lipinski definition) is 4. The lowest BCUT2D eigenvalue weighted by Crippen LogP contribution is -1.86. The van der Waals surface area contributed by atoms with E-state index in [1.807, 2.05) is 6.07 Å². The van der Waals surface area contributed by atoms with Crippen molar-refractivity contribution in [3.63, 3.8) is 0 Å². The van der Waals surface area contributed by atoms with Gasteiger partial charge in [0.25, 0.3) is 6.01 Å². The molecule has 2 aromatic rings. The van der Waals surface area contributed by atoms with E-state index in [4.69, 9.17) is 10.2 Å². The number of aldehydes is 1. The topological polar surface area (TPSA) is 69.1 Å². The van der Waals surface area contributed by atoms with Crippen LogP contribution in [0.5, 0.6) is 0 Å². The van der Waals surface area contributed by atoms with Crippen LogP contribution in [0.25, 0.3) is 11.3 Å². The molecule has 0 aliphatic heterocycles. The van der Waals surface area contributed by atoms with Crippen LogP contribution in [0.4, 0.5) is 6.01 Å². The normalized spacial score (nSPS) is 10.2. The maximum absolute atomic E-state index is 10.6. The number of rotatable bonds is 2. The smallest absolute Gasteiger partial charge is 0.292 e. The van der Waals surface area contributed by atoms with Gasteiger partial charge >= 0.3 is 0 Å². The summed E-state index contributed by atoms with van der Waals surface area (Å²) in [5.74, 6) is 0.649. The Labute approximate surface area is 86.7 Å². The number of carbonyl (C=O) groups excluding carboxylic acids is 1. The molecule has 2 rings (SSSR count). The molecule has 4 heteroatoms. The van der Waals surface area contributed by atoms with Crippen LogP contribution in [-0.4, -0.2) is 11.3 Å². The van der Waals surface area contributed by atoms with E-state index in [9.17, 15) is 4.79 Å². The van der Waals surface area contributed by atoms with E-state index in [-0.39, 0.29) is 6.01 Å². The zero-order chi connectivity index (χ0) is 10.8. The largest absolute Gasteiger partial charge is 0.429 e. The van der Waals surface area contributed by atoms with Gasteiger partial charge in [-0.15, -0.1) is 0 Å². The number of aryl methyl sites for hydroxylation is 1. The molecule has 1 aromatic heterocycles. The Morgan fingerprint density at radius 1 is 1.47 bits per heavy atom. The van der Waals surface area contributed by atoms with E-state index in [0.717, 1.165) is 11.8 Å². The minimum atomic E-state index is 0.138. The molecule has 0 saturated heterocycles. The van der Waals surface area contributed by atoms with Crippen molar-refractivity contribution in [3.8, 4) is 11.3 Å². The molecule has 0 amide bonds. The lowest BCUT2D eigenvalue weighted by atomic mass is 10.1. The summed E-state index contributed by atoms with van der Waals surface area (Å²) in [4.78, 5) is 14.7. The molecule has 2 N–H and O–H groups in total. The van der Waals surface area contributed by atoms with Gasteiger partial charge in [0.1, 0.15) is 17.7 Å². The van der Waals surface area contributed by atoms with Crippen LogP contribution >= 0.6 is 0 Å². The molecule has 0 aliphatic rings. The highest BCUT2D eigenvalue weighted by atomic mass is 16.4. The van der Waals surface area contributed by atoms with Crippen molar-refractivity contribution in [2.45, 2.75) is 6.92 Å². The standard InChI is InChI=1S/C11H10N2O2/c1-7-10(13-11(12)15-7)9-4-2-3-8(5-9)6-14/h2-6H,1H3,(H2,12,13). The molecule has 0 radical (unpaired) electrons. The summed E-state index contributed by atoms with van der Waals surface area (Å²) in [6.45, 7) is 1.78. The quantitative estimate of drug-likeness (QED) is 0.756. The van der Waals surface area contributed by atoms with Gasteiger partial charge in [0, 0.05) is 11.1 Å². The van der Waals surface area contributed by atoms with E-state index in [1.54, 1.807) is 25.1 Å². The molecule has 0 saturated carbocycles. The highest BCUT2D eigenvalue weighted by Crippen LogP contribution is 2.24. The van der Waals surface area contributed by atoms with Crippen LogP contribution in [0, 0.1) is 6.92 Å². The van der Waals surface area contributed by atoms with Crippen LogP contribution in [0.15, 0.2) is 28.7 Å². The van der Waals surface area contributed by atoms with Crippen LogP contribution in [0.2, 0.25) is 0 Å². The van der Waals surface area contributed by atoms with E-state index in [2.05, 4.69) is 4.98 Å². The van der Waals surface area contributed by atoms with E-state index in [1.165, 1.54) is 0 Å². The summed E-state index contributed by atoms with van der Waals surface area (Å²) >= 11 is 0. The number of anilines is 1. The Hall–Kier alpha value is -2.10. The molecule has 0 aliphatic carbocycles. The summed E-state index contributed by atoms with van der Waals surface area (Å²) < 4.78 is 5.12. The Morgan fingerprint density at radius 2 is 2.27 bits per heavy atom. The molecule has 15 heavy (non-hydrogen) atoms. The SMILES string of the molecule is Cc1oc(N)nc1-c1cccc(C=O)c1. The number of nitrogen functional groups attached to an aromatic ring is 1. The van der Waals surface area contributed by atoms with Gasteiger partial charge in [-0.1, -0.05) is 18.2 Å². The fourth-order valence-electron chi connectivity index (χ4n) is 1.44. The minimum Gasteiger partial charge on any atom is -0.429 e. The summed E-state index contributed by atoms with van der Waals surface area (Å²) in [5, 5.41) is 0. The summed E-state index contributed by atoms with van der Waals surface area (Å²) in [6.07, 6.45) is 0.794. The number of nitrogens with zero attached hydrogens (tertiary/aromatic N) is 1. The number of carbonyl (C=O) groups is 1.